The zero-order chi connectivity index (χ0) is 15.4. The van der Waals surface area contributed by atoms with Gasteiger partial charge < -0.3 is 10.6 Å². The van der Waals surface area contributed by atoms with E-state index < -0.39 is 0 Å². The summed E-state index contributed by atoms with van der Waals surface area (Å²) in [5.41, 5.74) is 1.41. The van der Waals surface area contributed by atoms with Crippen LogP contribution in [-0.4, -0.2) is 30.6 Å². The average molecular weight is 442 g/mol. The zero-order valence-corrected chi connectivity index (χ0v) is 16.6. The quantitative estimate of drug-likeness (QED) is 0.425. The van der Waals surface area contributed by atoms with E-state index in [1.54, 1.807) is 11.3 Å². The van der Waals surface area contributed by atoms with Gasteiger partial charge in [-0.15, -0.1) is 35.3 Å². The molecule has 1 saturated carbocycles. The number of thiazole rings is 1. The van der Waals surface area contributed by atoms with Gasteiger partial charge in [0.05, 0.1) is 5.01 Å². The Hall–Kier alpha value is -1.15. The zero-order valence-electron chi connectivity index (χ0n) is 13.5. The van der Waals surface area contributed by atoms with Crippen LogP contribution in [0.2, 0.25) is 0 Å². The van der Waals surface area contributed by atoms with Crippen LogP contribution in [0.25, 0.3) is 0 Å². The summed E-state index contributed by atoms with van der Waals surface area (Å²) in [6.07, 6.45) is 4.05. The molecular formula is C17H23IN4S. The van der Waals surface area contributed by atoms with Gasteiger partial charge in [-0.25, -0.2) is 4.98 Å². The highest BCUT2D eigenvalue weighted by Crippen LogP contribution is 2.40. The first-order valence-electron chi connectivity index (χ1n) is 7.69. The molecule has 1 aromatic heterocycles. The first kappa shape index (κ1) is 18.2. The highest BCUT2D eigenvalue weighted by molar-refractivity contribution is 14.0. The van der Waals surface area contributed by atoms with Gasteiger partial charge in [0.2, 0.25) is 0 Å². The molecule has 23 heavy (non-hydrogen) atoms. The van der Waals surface area contributed by atoms with E-state index in [1.165, 1.54) is 21.9 Å². The third kappa shape index (κ3) is 5.17. The maximum absolute atomic E-state index is 4.38. The van der Waals surface area contributed by atoms with Gasteiger partial charge in [-0.2, -0.15) is 0 Å². The molecule has 1 fully saturated rings. The van der Waals surface area contributed by atoms with Crippen LogP contribution in [0.4, 0.5) is 0 Å². The molecule has 2 atom stereocenters. The molecule has 0 spiro atoms. The lowest BCUT2D eigenvalue weighted by Crippen LogP contribution is -2.39. The Morgan fingerprint density at radius 2 is 2.13 bits per heavy atom. The van der Waals surface area contributed by atoms with Gasteiger partial charge in [0.25, 0.3) is 0 Å². The number of aliphatic imine (C=N–C) groups is 1. The maximum atomic E-state index is 4.38. The Morgan fingerprint density at radius 3 is 2.78 bits per heavy atom. The Balaban J connectivity index is 0.00000192. The molecule has 2 unspecified atom stereocenters. The van der Waals surface area contributed by atoms with Gasteiger partial charge in [0, 0.05) is 43.0 Å². The lowest BCUT2D eigenvalue weighted by Gasteiger charge is -2.11. The van der Waals surface area contributed by atoms with E-state index in [-0.39, 0.29) is 24.0 Å². The summed E-state index contributed by atoms with van der Waals surface area (Å²) < 4.78 is 0. The van der Waals surface area contributed by atoms with Crippen molar-refractivity contribution in [2.45, 2.75) is 31.7 Å². The van der Waals surface area contributed by atoms with Crippen molar-refractivity contribution >= 4 is 41.3 Å². The predicted molar refractivity (Wildman–Crippen MR) is 108 cm³/mol. The van der Waals surface area contributed by atoms with E-state index >= 15 is 0 Å². The molecule has 0 bridgehead atoms. The summed E-state index contributed by atoms with van der Waals surface area (Å²) in [6.45, 7) is 2.95. The molecule has 1 heterocycles. The van der Waals surface area contributed by atoms with Gasteiger partial charge in [0.15, 0.2) is 5.96 Å². The fourth-order valence-corrected chi connectivity index (χ4v) is 3.38. The summed E-state index contributed by atoms with van der Waals surface area (Å²) in [5.74, 6) is 1.50. The molecule has 1 aliphatic carbocycles. The van der Waals surface area contributed by atoms with Crippen molar-refractivity contribution in [3.63, 3.8) is 0 Å². The molecule has 1 aromatic carbocycles. The molecule has 4 nitrogen and oxygen atoms in total. The number of benzene rings is 1. The fourth-order valence-electron chi connectivity index (χ4n) is 2.60. The van der Waals surface area contributed by atoms with E-state index in [9.17, 15) is 0 Å². The van der Waals surface area contributed by atoms with Crippen LogP contribution in [-0.2, 0) is 6.42 Å². The van der Waals surface area contributed by atoms with Crippen LogP contribution in [0.15, 0.2) is 41.5 Å². The van der Waals surface area contributed by atoms with Crippen molar-refractivity contribution in [3.8, 4) is 0 Å². The average Bonchev–Trinajstić information content (AvgIpc) is 3.20. The SMILES string of the molecule is CN=C(NCCc1ncc(C)s1)NC1CC1c1ccccc1.I. The van der Waals surface area contributed by atoms with Crippen LogP contribution in [0, 0.1) is 6.92 Å². The minimum atomic E-state index is 0. The molecule has 2 aromatic rings. The first-order valence-corrected chi connectivity index (χ1v) is 8.51. The lowest BCUT2D eigenvalue weighted by molar-refractivity contribution is 0.778. The van der Waals surface area contributed by atoms with E-state index in [0.29, 0.717) is 12.0 Å². The molecule has 0 radical (unpaired) electrons. The topological polar surface area (TPSA) is 49.3 Å². The minimum absolute atomic E-state index is 0. The van der Waals surface area contributed by atoms with Crippen LogP contribution in [0.1, 0.15) is 27.8 Å². The van der Waals surface area contributed by atoms with Gasteiger partial charge >= 0.3 is 0 Å². The minimum Gasteiger partial charge on any atom is -0.356 e. The summed E-state index contributed by atoms with van der Waals surface area (Å²) in [6, 6.07) is 11.2. The molecule has 0 amide bonds. The van der Waals surface area contributed by atoms with Gasteiger partial charge in [-0.05, 0) is 18.9 Å². The summed E-state index contributed by atoms with van der Waals surface area (Å²) in [4.78, 5) is 9.96. The normalized spacial score (nSPS) is 19.8. The second-order valence-electron chi connectivity index (χ2n) is 5.62. The monoisotopic (exact) mass is 442 g/mol. The number of aryl methyl sites for hydroxylation is 1. The second kappa shape index (κ2) is 8.63. The predicted octanol–water partition coefficient (Wildman–Crippen LogP) is 3.33. The number of halogens is 1. The van der Waals surface area contributed by atoms with E-state index in [2.05, 4.69) is 57.9 Å². The van der Waals surface area contributed by atoms with Crippen LogP contribution < -0.4 is 10.6 Å². The second-order valence-corrected chi connectivity index (χ2v) is 6.94. The standard InChI is InChI=1S/C17H22N4S.HI/c1-12-11-20-16(22-12)8-9-19-17(18-2)21-15-10-14(15)13-6-4-3-5-7-13;/h3-7,11,14-15H,8-10H2,1-2H3,(H2,18,19,21);1H. The summed E-state index contributed by atoms with van der Waals surface area (Å²) in [5, 5.41) is 8.05. The number of nitrogens with zero attached hydrogens (tertiary/aromatic N) is 2. The maximum Gasteiger partial charge on any atom is 0.191 e. The molecule has 0 saturated heterocycles. The van der Waals surface area contributed by atoms with Gasteiger partial charge in [-0.3, -0.25) is 4.99 Å². The molecule has 1 aliphatic rings. The Morgan fingerprint density at radius 1 is 1.35 bits per heavy atom. The highest BCUT2D eigenvalue weighted by Gasteiger charge is 2.38. The molecule has 124 valence electrons. The van der Waals surface area contributed by atoms with Crippen molar-refractivity contribution < 1.29 is 0 Å². The van der Waals surface area contributed by atoms with E-state index in [1.807, 2.05) is 13.2 Å². The lowest BCUT2D eigenvalue weighted by atomic mass is 10.1. The van der Waals surface area contributed by atoms with Crippen molar-refractivity contribution in [2.75, 3.05) is 13.6 Å². The van der Waals surface area contributed by atoms with E-state index in [4.69, 9.17) is 0 Å². The van der Waals surface area contributed by atoms with Crippen LogP contribution in [0.3, 0.4) is 0 Å². The highest BCUT2D eigenvalue weighted by atomic mass is 127. The number of hydrogen-bond donors (Lipinski definition) is 2. The molecule has 6 heteroatoms. The largest absolute Gasteiger partial charge is 0.356 e. The van der Waals surface area contributed by atoms with Crippen molar-refractivity contribution in [1.82, 2.24) is 15.6 Å². The molecule has 2 N–H and O–H groups in total. The van der Waals surface area contributed by atoms with Crippen LogP contribution in [0.5, 0.6) is 0 Å². The van der Waals surface area contributed by atoms with Gasteiger partial charge in [0.1, 0.15) is 0 Å². The third-order valence-electron chi connectivity index (χ3n) is 3.86. The number of rotatable bonds is 5. The first-order chi connectivity index (χ1) is 10.8. The molecular weight excluding hydrogens is 419 g/mol. The van der Waals surface area contributed by atoms with Crippen LogP contribution >= 0.6 is 35.3 Å². The fraction of sp³-hybridized carbons (Fsp3) is 0.412. The summed E-state index contributed by atoms with van der Waals surface area (Å²) >= 11 is 1.76. The van der Waals surface area contributed by atoms with Crippen molar-refractivity contribution in [2.24, 2.45) is 4.99 Å². The molecule has 0 aliphatic heterocycles. The number of nitrogens with one attached hydrogen (secondary N) is 2. The van der Waals surface area contributed by atoms with Gasteiger partial charge in [-0.1, -0.05) is 30.3 Å². The third-order valence-corrected chi connectivity index (χ3v) is 4.84. The molecule has 3 rings (SSSR count). The Labute approximate surface area is 158 Å². The van der Waals surface area contributed by atoms with Crippen molar-refractivity contribution in [1.29, 1.82) is 0 Å². The number of hydrogen-bond acceptors (Lipinski definition) is 3. The Bertz CT molecular complexity index is 641. The Kier molecular flexibility index (Phi) is 6.83. The van der Waals surface area contributed by atoms with E-state index in [0.717, 1.165) is 18.9 Å². The smallest absolute Gasteiger partial charge is 0.191 e. The van der Waals surface area contributed by atoms with Crippen molar-refractivity contribution in [3.05, 3.63) is 52.0 Å². The summed E-state index contributed by atoms with van der Waals surface area (Å²) in [7, 11) is 1.82. The number of guanidine groups is 1. The number of aromatic nitrogens is 1.